The molecule has 0 aliphatic carbocycles. The van der Waals surface area contributed by atoms with Crippen molar-refractivity contribution in [1.82, 2.24) is 9.97 Å². The average Bonchev–Trinajstić information content (AvgIpc) is 4.10. The number of ether oxygens (including phenoxy) is 4. The van der Waals surface area contributed by atoms with Gasteiger partial charge in [0.05, 0.1) is 11.4 Å². The van der Waals surface area contributed by atoms with E-state index in [0.717, 1.165) is 85.0 Å². The third-order valence-corrected chi connectivity index (χ3v) is 11.6. The van der Waals surface area contributed by atoms with E-state index in [9.17, 15) is 0 Å². The van der Waals surface area contributed by atoms with Gasteiger partial charge in [0.2, 0.25) is 0 Å². The van der Waals surface area contributed by atoms with Crippen LogP contribution < -0.4 is 58.5 Å². The molecule has 0 spiro atoms. The Labute approximate surface area is 406 Å². The second-order valence-corrected chi connectivity index (χ2v) is 18.3. The summed E-state index contributed by atoms with van der Waals surface area (Å²) < 4.78 is 48.3. The van der Waals surface area contributed by atoms with Gasteiger partial charge >= 0.3 is 50.8 Å². The van der Waals surface area contributed by atoms with Crippen LogP contribution in [-0.2, 0) is 37.6 Å². The topological polar surface area (TPSA) is 99.6 Å². The van der Waals surface area contributed by atoms with Crippen molar-refractivity contribution < 1.29 is 75.3 Å². The van der Waals surface area contributed by atoms with Crippen molar-refractivity contribution >= 4 is 56.5 Å². The van der Waals surface area contributed by atoms with Crippen molar-refractivity contribution in [2.75, 3.05) is 52.9 Å². The Balaban J connectivity index is 0.000000484. The number of nitrogens with zero attached hydrogens (tertiary/aromatic N) is 2. The van der Waals surface area contributed by atoms with Gasteiger partial charge < -0.3 is 37.6 Å². The quantitative estimate of drug-likeness (QED) is 0.186. The van der Waals surface area contributed by atoms with E-state index in [4.69, 9.17) is 47.5 Å². The van der Waals surface area contributed by atoms with Crippen molar-refractivity contribution in [2.45, 2.75) is 131 Å². The van der Waals surface area contributed by atoms with Gasteiger partial charge in [0.1, 0.15) is 0 Å². The van der Waals surface area contributed by atoms with E-state index < -0.39 is 13.1 Å². The molecule has 0 radical (unpaired) electrons. The van der Waals surface area contributed by atoms with Crippen LogP contribution in [0.4, 0.5) is 0 Å². The smallest absolute Gasteiger partial charge is 0.557 e. The molecule has 0 atom stereocenters. The van der Waals surface area contributed by atoms with E-state index in [1.165, 1.54) is 51.4 Å². The van der Waals surface area contributed by atoms with Crippen LogP contribution in [0.25, 0.3) is 11.4 Å². The number of rotatable bonds is 13. The van der Waals surface area contributed by atoms with Gasteiger partial charge in [-0.05, 0) is 130 Å². The molecule has 0 saturated carbocycles. The Hall–Kier alpha value is -1.30. The maximum atomic E-state index is 6.62. The summed E-state index contributed by atoms with van der Waals surface area (Å²) in [6.45, 7) is 20.2. The molecule has 4 saturated heterocycles. The molecule has 0 unspecified atom stereocenters. The Bertz CT molecular complexity index is 1500. The molecule has 4 aliphatic rings. The predicted octanol–water partition coefficient (Wildman–Crippen LogP) is 2.27. The summed E-state index contributed by atoms with van der Waals surface area (Å²) in [5.41, 5.74) is 2.93. The monoisotopic (exact) mass is 881 g/mol. The van der Waals surface area contributed by atoms with Crippen LogP contribution in [0.1, 0.15) is 107 Å². The van der Waals surface area contributed by atoms with Crippen molar-refractivity contribution in [3.8, 4) is 11.4 Å². The van der Waals surface area contributed by atoms with Gasteiger partial charge in [-0.1, -0.05) is 69.3 Å². The third-order valence-electron chi connectivity index (χ3n) is 9.58. The van der Waals surface area contributed by atoms with Crippen LogP contribution in [0.15, 0.2) is 71.4 Å². The minimum Gasteiger partial charge on any atom is -0.557 e. The normalized spacial score (nSPS) is 16.0. The number of thiophene rings is 2. The molecule has 4 aromatic heterocycles. The maximum absolute atomic E-state index is 6.62. The van der Waals surface area contributed by atoms with Crippen LogP contribution in [0.5, 0.6) is 0 Å². The fourth-order valence-corrected chi connectivity index (χ4v) is 8.87. The van der Waals surface area contributed by atoms with E-state index in [1.807, 2.05) is 115 Å². The maximum Gasteiger partial charge on any atom is 1.00 e. The molecule has 4 aromatic rings. The van der Waals surface area contributed by atoms with Gasteiger partial charge in [0.15, 0.2) is 0 Å². The Morgan fingerprint density at radius 1 is 0.419 bits per heavy atom. The minimum atomic E-state index is -2.02. The standard InChI is InChI=1S/C30H40B2N2O4S2.4C4H8O.2Li/c1-21(2)35-31(36-22(3)4,29-17-11-19-39-29)27-15-9-13-25(33-27)26-14-10-16-28(34-26)32(37-23(5)6,38-24(7)8)30-18-12-20-40-30;4*1-2-4-5-3-1;;/h9-24H,1-8H3;4*1-4H2;;/q-2;;;;;2*+1. The summed E-state index contributed by atoms with van der Waals surface area (Å²) in [5, 5.41) is 4.09. The first-order chi connectivity index (χ1) is 29.1. The summed E-state index contributed by atoms with van der Waals surface area (Å²) in [5.74, 6) is 0. The largest absolute Gasteiger partial charge is 1.00 e. The van der Waals surface area contributed by atoms with E-state index >= 15 is 0 Å². The molecule has 16 heteroatoms. The first kappa shape index (κ1) is 56.8. The van der Waals surface area contributed by atoms with Crippen LogP contribution >= 0.6 is 22.7 Å². The molecule has 0 aromatic carbocycles. The zero-order valence-corrected chi connectivity index (χ0v) is 41.3. The average molecular weight is 881 g/mol. The van der Waals surface area contributed by atoms with E-state index in [1.54, 1.807) is 22.7 Å². The van der Waals surface area contributed by atoms with Gasteiger partial charge in [-0.25, -0.2) is 0 Å². The summed E-state index contributed by atoms with van der Waals surface area (Å²) >= 11 is 3.24. The van der Waals surface area contributed by atoms with Gasteiger partial charge in [-0.15, -0.1) is 0 Å². The fourth-order valence-electron chi connectivity index (χ4n) is 7.10. The second kappa shape index (κ2) is 31.6. The molecule has 8 rings (SSSR count). The number of hydrogen-bond acceptors (Lipinski definition) is 12. The summed E-state index contributed by atoms with van der Waals surface area (Å²) in [6, 6.07) is 20.1. The van der Waals surface area contributed by atoms with Gasteiger partial charge in [0, 0.05) is 77.3 Å². The number of hydrogen-bond donors (Lipinski definition) is 0. The molecule has 334 valence electrons. The van der Waals surface area contributed by atoms with E-state index in [-0.39, 0.29) is 62.1 Å². The van der Waals surface area contributed by atoms with Crippen molar-refractivity contribution in [3.63, 3.8) is 0 Å². The molecule has 0 N–H and O–H groups in total. The first-order valence-electron chi connectivity index (χ1n) is 22.4. The molecular weight excluding hydrogens is 808 g/mol. The van der Waals surface area contributed by atoms with E-state index in [0.29, 0.717) is 0 Å². The molecule has 8 heterocycles. The predicted molar refractivity (Wildman–Crippen MR) is 251 cm³/mol. The summed E-state index contributed by atoms with van der Waals surface area (Å²) in [6.07, 6.45) is 9.96. The van der Waals surface area contributed by atoms with Crippen molar-refractivity contribution in [2.24, 2.45) is 0 Å². The SMILES string of the molecule is C1CCOC1.C1CCOC1.C1CCOC1.C1CCOC1.CC(C)O[B-](OC(C)C)(c1cccc(-c2cccc([B-](OC(C)C)(OC(C)C)c3cccs3)n2)n1)c1cccs1.[Li+].[Li+]. The van der Waals surface area contributed by atoms with Crippen LogP contribution in [-0.4, -0.2) is 100 Å². The van der Waals surface area contributed by atoms with E-state index in [2.05, 4.69) is 12.1 Å². The molecule has 10 nitrogen and oxygen atoms in total. The van der Waals surface area contributed by atoms with Crippen LogP contribution in [0.2, 0.25) is 0 Å². The molecular formula is C46H72B2Li2N2O8S2. The summed E-state index contributed by atoms with van der Waals surface area (Å²) in [4.78, 5) is 10.3. The molecule has 62 heavy (non-hydrogen) atoms. The zero-order chi connectivity index (χ0) is 43.1. The molecule has 4 fully saturated rings. The third kappa shape index (κ3) is 19.3. The Morgan fingerprint density at radius 3 is 0.887 bits per heavy atom. The van der Waals surface area contributed by atoms with Gasteiger partial charge in [-0.2, -0.15) is 22.7 Å². The minimum absolute atomic E-state index is 0. The number of pyridine rings is 2. The van der Waals surface area contributed by atoms with Crippen molar-refractivity contribution in [1.29, 1.82) is 0 Å². The second-order valence-electron chi connectivity index (χ2n) is 16.4. The van der Waals surface area contributed by atoms with Crippen LogP contribution in [0.3, 0.4) is 0 Å². The molecule has 0 bridgehead atoms. The Morgan fingerprint density at radius 2 is 0.694 bits per heavy atom. The van der Waals surface area contributed by atoms with Gasteiger partial charge in [-0.3, -0.25) is 9.97 Å². The zero-order valence-electron chi connectivity index (χ0n) is 39.7. The Kier molecular flexibility index (Phi) is 29.0. The van der Waals surface area contributed by atoms with Crippen molar-refractivity contribution in [3.05, 3.63) is 71.4 Å². The first-order valence-corrected chi connectivity index (χ1v) is 24.2. The summed E-state index contributed by atoms with van der Waals surface area (Å²) in [7, 11) is 0. The fraction of sp³-hybridized carbons (Fsp3) is 0.609. The number of aromatic nitrogens is 2. The van der Waals surface area contributed by atoms with Gasteiger partial charge in [0.25, 0.3) is 0 Å². The van der Waals surface area contributed by atoms with Crippen LogP contribution in [0, 0.1) is 0 Å². The molecule has 0 amide bonds. The molecule has 4 aliphatic heterocycles.